The Morgan fingerprint density at radius 1 is 1.50 bits per heavy atom. The van der Waals surface area contributed by atoms with Crippen molar-refractivity contribution >= 4 is 0 Å². The van der Waals surface area contributed by atoms with Gasteiger partial charge in [-0.3, -0.25) is 0 Å². The van der Waals surface area contributed by atoms with E-state index in [2.05, 4.69) is 0 Å². The molecule has 1 nitrogen and oxygen atoms in total. The quantitative estimate of drug-likeness (QED) is 0.601. The van der Waals surface area contributed by atoms with E-state index in [1.54, 1.807) is 13.8 Å². The van der Waals surface area contributed by atoms with Crippen molar-refractivity contribution in [3.05, 3.63) is 0 Å². The minimum atomic E-state index is -2.30. The molecule has 0 aromatic carbocycles. The Balaban J connectivity index is 3.77. The van der Waals surface area contributed by atoms with E-state index in [4.69, 9.17) is 5.26 Å². The lowest BCUT2D eigenvalue weighted by Crippen LogP contribution is -2.14. The smallest absolute Gasteiger partial charge is 0.211 e. The number of nitrogens with zero attached hydrogens (tertiary/aromatic N) is 1. The van der Waals surface area contributed by atoms with Crippen LogP contribution >= 0.6 is 0 Å². The largest absolute Gasteiger partial charge is 0.239 e. The lowest BCUT2D eigenvalue weighted by molar-refractivity contribution is 0.0891. The Hall–Kier alpha value is -0.650. The zero-order valence-corrected chi connectivity index (χ0v) is 6.19. The fourth-order valence-corrected chi connectivity index (χ4v) is 0.704. The van der Waals surface area contributed by atoms with E-state index in [1.807, 2.05) is 6.07 Å². The van der Waals surface area contributed by atoms with Gasteiger partial charge in [-0.05, 0) is 5.41 Å². The zero-order chi connectivity index (χ0) is 8.20. The number of rotatable bonds is 3. The minimum Gasteiger partial charge on any atom is -0.211 e. The van der Waals surface area contributed by atoms with Gasteiger partial charge >= 0.3 is 0 Å². The minimum absolute atomic E-state index is 0.192. The van der Waals surface area contributed by atoms with Gasteiger partial charge in [-0.2, -0.15) is 5.26 Å². The summed E-state index contributed by atoms with van der Waals surface area (Å²) < 4.78 is 23.5. The van der Waals surface area contributed by atoms with Crippen LogP contribution in [0.1, 0.15) is 26.7 Å². The summed E-state index contributed by atoms with van der Waals surface area (Å²) in [7, 11) is 0. The number of hydrogen-bond donors (Lipinski definition) is 0. The van der Waals surface area contributed by atoms with E-state index in [1.165, 1.54) is 0 Å². The molecule has 0 saturated carbocycles. The van der Waals surface area contributed by atoms with Crippen LogP contribution in [0.2, 0.25) is 0 Å². The second-order valence-electron chi connectivity index (χ2n) is 3.09. The lowest BCUT2D eigenvalue weighted by Gasteiger charge is -2.19. The molecule has 3 heteroatoms. The van der Waals surface area contributed by atoms with Gasteiger partial charge in [0.1, 0.15) is 0 Å². The van der Waals surface area contributed by atoms with Gasteiger partial charge in [0.2, 0.25) is 6.43 Å². The Labute approximate surface area is 59.7 Å². The Bertz CT molecular complexity index is 135. The predicted molar refractivity (Wildman–Crippen MR) is 34.6 cm³/mol. The highest BCUT2D eigenvalue weighted by molar-refractivity contribution is 4.82. The topological polar surface area (TPSA) is 23.8 Å². The van der Waals surface area contributed by atoms with Gasteiger partial charge in [0, 0.05) is 12.8 Å². The average molecular weight is 147 g/mol. The molecule has 10 heavy (non-hydrogen) atoms. The summed E-state index contributed by atoms with van der Waals surface area (Å²) in [5, 5.41) is 8.22. The van der Waals surface area contributed by atoms with Crippen molar-refractivity contribution in [1.82, 2.24) is 0 Å². The molecule has 0 bridgehead atoms. The van der Waals surface area contributed by atoms with Crippen molar-refractivity contribution in [2.24, 2.45) is 5.41 Å². The highest BCUT2D eigenvalue weighted by Gasteiger charge is 2.22. The second kappa shape index (κ2) is 3.50. The van der Waals surface area contributed by atoms with Gasteiger partial charge in [-0.15, -0.1) is 0 Å². The third-order valence-electron chi connectivity index (χ3n) is 1.26. The molecular weight excluding hydrogens is 136 g/mol. The van der Waals surface area contributed by atoms with Crippen LogP contribution in [0.5, 0.6) is 0 Å². The van der Waals surface area contributed by atoms with Crippen LogP contribution in [-0.2, 0) is 0 Å². The van der Waals surface area contributed by atoms with Crippen LogP contribution in [0.15, 0.2) is 0 Å². The van der Waals surface area contributed by atoms with Crippen molar-refractivity contribution in [2.45, 2.75) is 33.1 Å². The normalized spacial score (nSPS) is 11.6. The molecular formula is C7H11F2N. The van der Waals surface area contributed by atoms with Gasteiger partial charge in [0.25, 0.3) is 0 Å². The molecule has 0 fully saturated rings. The average Bonchev–Trinajstić information content (AvgIpc) is 1.59. The molecule has 0 aliphatic carbocycles. The molecule has 0 aliphatic rings. The monoisotopic (exact) mass is 147 g/mol. The molecule has 0 aromatic rings. The van der Waals surface area contributed by atoms with E-state index in [0.29, 0.717) is 0 Å². The molecule has 0 atom stereocenters. The fourth-order valence-electron chi connectivity index (χ4n) is 0.704. The third kappa shape index (κ3) is 4.25. The SMILES string of the molecule is CC(C)(CC#N)CC(F)F. The second-order valence-corrected chi connectivity index (χ2v) is 3.09. The van der Waals surface area contributed by atoms with Crippen LogP contribution in [0.25, 0.3) is 0 Å². The standard InChI is InChI=1S/C7H11F2N/c1-7(2,3-4-10)5-6(8)9/h6H,3,5H2,1-2H3. The van der Waals surface area contributed by atoms with Crippen molar-refractivity contribution in [3.8, 4) is 6.07 Å². The van der Waals surface area contributed by atoms with Crippen LogP contribution in [-0.4, -0.2) is 6.43 Å². The van der Waals surface area contributed by atoms with Crippen molar-refractivity contribution < 1.29 is 8.78 Å². The molecule has 0 N–H and O–H groups in total. The van der Waals surface area contributed by atoms with Crippen LogP contribution in [0.4, 0.5) is 8.78 Å². The summed E-state index contributed by atoms with van der Waals surface area (Å²) in [6, 6.07) is 1.88. The maximum atomic E-state index is 11.7. The molecule has 0 amide bonds. The van der Waals surface area contributed by atoms with E-state index >= 15 is 0 Å². The molecule has 0 heterocycles. The van der Waals surface area contributed by atoms with E-state index < -0.39 is 11.8 Å². The first-order valence-electron chi connectivity index (χ1n) is 3.13. The van der Waals surface area contributed by atoms with E-state index in [0.717, 1.165) is 0 Å². The number of halogens is 2. The summed E-state index contributed by atoms with van der Waals surface area (Å²) in [4.78, 5) is 0. The fraction of sp³-hybridized carbons (Fsp3) is 0.857. The Kier molecular flexibility index (Phi) is 3.27. The number of nitriles is 1. The highest BCUT2D eigenvalue weighted by Crippen LogP contribution is 2.27. The molecule has 58 valence electrons. The highest BCUT2D eigenvalue weighted by atomic mass is 19.3. The summed E-state index contributed by atoms with van der Waals surface area (Å²) in [6.45, 7) is 3.34. The van der Waals surface area contributed by atoms with Gasteiger partial charge < -0.3 is 0 Å². The van der Waals surface area contributed by atoms with Gasteiger partial charge in [-0.25, -0.2) is 8.78 Å². The van der Waals surface area contributed by atoms with Crippen molar-refractivity contribution in [2.75, 3.05) is 0 Å². The first-order chi connectivity index (χ1) is 4.48. The maximum Gasteiger partial charge on any atom is 0.239 e. The first kappa shape index (κ1) is 9.35. The first-order valence-corrected chi connectivity index (χ1v) is 3.13. The number of alkyl halides is 2. The maximum absolute atomic E-state index is 11.7. The molecule has 0 rings (SSSR count). The van der Waals surface area contributed by atoms with Gasteiger partial charge in [0.15, 0.2) is 0 Å². The zero-order valence-electron chi connectivity index (χ0n) is 6.19. The summed E-state index contributed by atoms with van der Waals surface area (Å²) in [5.74, 6) is 0. The molecule has 0 spiro atoms. The summed E-state index contributed by atoms with van der Waals surface area (Å²) >= 11 is 0. The lowest BCUT2D eigenvalue weighted by atomic mass is 9.87. The molecule has 0 radical (unpaired) electrons. The Morgan fingerprint density at radius 3 is 2.30 bits per heavy atom. The van der Waals surface area contributed by atoms with Crippen LogP contribution in [0, 0.1) is 16.7 Å². The molecule has 0 aromatic heterocycles. The molecule has 0 aliphatic heterocycles. The third-order valence-corrected chi connectivity index (χ3v) is 1.26. The number of hydrogen-bond acceptors (Lipinski definition) is 1. The summed E-state index contributed by atoms with van der Waals surface area (Å²) in [5.41, 5.74) is -0.539. The van der Waals surface area contributed by atoms with E-state index in [-0.39, 0.29) is 12.8 Å². The predicted octanol–water partition coefficient (Wildman–Crippen LogP) is 2.58. The molecule has 0 saturated heterocycles. The van der Waals surface area contributed by atoms with Gasteiger partial charge in [-0.1, -0.05) is 13.8 Å². The van der Waals surface area contributed by atoms with Gasteiger partial charge in [0.05, 0.1) is 6.07 Å². The molecule has 0 unspecified atom stereocenters. The Morgan fingerprint density at radius 2 is 2.00 bits per heavy atom. The van der Waals surface area contributed by atoms with Crippen LogP contribution in [0.3, 0.4) is 0 Å². The summed E-state index contributed by atoms with van der Waals surface area (Å²) in [6.07, 6.45) is -2.30. The van der Waals surface area contributed by atoms with Crippen LogP contribution < -0.4 is 0 Å². The van der Waals surface area contributed by atoms with Crippen molar-refractivity contribution in [1.29, 1.82) is 5.26 Å². The van der Waals surface area contributed by atoms with E-state index in [9.17, 15) is 8.78 Å². The van der Waals surface area contributed by atoms with Crippen molar-refractivity contribution in [3.63, 3.8) is 0 Å².